The van der Waals surface area contributed by atoms with E-state index >= 15 is 0 Å². The minimum Gasteiger partial charge on any atom is -0.383 e. The molecule has 1 N–H and O–H groups in total. The zero-order chi connectivity index (χ0) is 19.5. The van der Waals surface area contributed by atoms with Crippen molar-refractivity contribution in [3.05, 3.63) is 52.9 Å². The number of fused-ring (bicyclic) bond motifs is 1. The summed E-state index contributed by atoms with van der Waals surface area (Å²) in [7, 11) is 1.69. The number of nitrogens with one attached hydrogen (secondary N) is 1. The molecule has 1 aliphatic rings. The number of ether oxygens (including phenoxy) is 1. The van der Waals surface area contributed by atoms with Gasteiger partial charge in [0.25, 0.3) is 0 Å². The van der Waals surface area contributed by atoms with Gasteiger partial charge in [-0.25, -0.2) is 14.8 Å². The summed E-state index contributed by atoms with van der Waals surface area (Å²) in [5, 5.41) is 2.97. The Kier molecular flexibility index (Phi) is 5.59. The summed E-state index contributed by atoms with van der Waals surface area (Å²) >= 11 is 3.40. The van der Waals surface area contributed by atoms with Crippen molar-refractivity contribution in [1.29, 1.82) is 0 Å². The van der Waals surface area contributed by atoms with Crippen LogP contribution in [0.1, 0.15) is 18.2 Å². The van der Waals surface area contributed by atoms with Crippen LogP contribution in [-0.4, -0.2) is 52.3 Å². The Morgan fingerprint density at radius 2 is 2.14 bits per heavy atom. The normalized spacial score (nSPS) is 16.6. The van der Waals surface area contributed by atoms with Gasteiger partial charge in [-0.3, -0.25) is 0 Å². The molecule has 28 heavy (non-hydrogen) atoms. The Bertz CT molecular complexity index is 972. The van der Waals surface area contributed by atoms with Gasteiger partial charge in [-0.2, -0.15) is 0 Å². The molecule has 7 nitrogen and oxygen atoms in total. The standard InChI is InChI=1S/C20H22BrN5O2/c1-28-12-11-26-18(24-17-3-2-9-22-19(17)26)14-8-10-25(13-14)20(27)23-16-6-4-15(21)5-7-16/h2-7,9,14H,8,10-13H2,1H3,(H,23,27)/t14-/m0/s1. The average Bonchev–Trinajstić information content (AvgIpc) is 3.33. The molecule has 1 aliphatic heterocycles. The van der Waals surface area contributed by atoms with Crippen molar-refractivity contribution < 1.29 is 9.53 Å². The molecule has 3 aromatic rings. The molecule has 1 fully saturated rings. The molecule has 1 aromatic carbocycles. The third kappa shape index (κ3) is 3.88. The molecular formula is C20H22BrN5O2. The van der Waals surface area contributed by atoms with Crippen LogP contribution in [-0.2, 0) is 11.3 Å². The fourth-order valence-electron chi connectivity index (χ4n) is 3.58. The van der Waals surface area contributed by atoms with E-state index in [1.54, 1.807) is 13.3 Å². The van der Waals surface area contributed by atoms with Gasteiger partial charge in [-0.1, -0.05) is 15.9 Å². The van der Waals surface area contributed by atoms with Crippen molar-refractivity contribution >= 4 is 38.8 Å². The highest BCUT2D eigenvalue weighted by Crippen LogP contribution is 2.29. The number of pyridine rings is 1. The summed E-state index contributed by atoms with van der Waals surface area (Å²) in [6.07, 6.45) is 2.66. The Morgan fingerprint density at radius 3 is 2.93 bits per heavy atom. The number of imidazole rings is 1. The van der Waals surface area contributed by atoms with Crippen molar-refractivity contribution in [2.45, 2.75) is 18.9 Å². The van der Waals surface area contributed by atoms with Crippen molar-refractivity contribution in [3.63, 3.8) is 0 Å². The molecule has 8 heteroatoms. The van der Waals surface area contributed by atoms with E-state index in [0.29, 0.717) is 26.2 Å². The second-order valence-corrected chi connectivity index (χ2v) is 7.74. The summed E-state index contributed by atoms with van der Waals surface area (Å²) in [5.41, 5.74) is 2.53. The first-order chi connectivity index (χ1) is 13.7. The van der Waals surface area contributed by atoms with Gasteiger partial charge < -0.3 is 19.5 Å². The zero-order valence-electron chi connectivity index (χ0n) is 15.6. The summed E-state index contributed by atoms with van der Waals surface area (Å²) in [6.45, 7) is 2.63. The minimum absolute atomic E-state index is 0.0810. The van der Waals surface area contributed by atoms with E-state index in [0.717, 1.165) is 33.6 Å². The lowest BCUT2D eigenvalue weighted by molar-refractivity contribution is 0.186. The number of halogens is 1. The molecule has 1 saturated heterocycles. The highest BCUT2D eigenvalue weighted by Gasteiger charge is 2.31. The Hall–Kier alpha value is -2.45. The molecule has 2 amide bonds. The lowest BCUT2D eigenvalue weighted by Crippen LogP contribution is -2.33. The maximum atomic E-state index is 12.6. The highest BCUT2D eigenvalue weighted by atomic mass is 79.9. The van der Waals surface area contributed by atoms with Gasteiger partial charge >= 0.3 is 6.03 Å². The predicted octanol–water partition coefficient (Wildman–Crippen LogP) is 3.86. The van der Waals surface area contributed by atoms with Gasteiger partial charge in [0, 0.05) is 49.0 Å². The number of urea groups is 1. The molecule has 146 valence electrons. The number of benzene rings is 1. The van der Waals surface area contributed by atoms with E-state index in [1.807, 2.05) is 41.3 Å². The van der Waals surface area contributed by atoms with E-state index in [1.165, 1.54) is 0 Å². The number of hydrogen-bond acceptors (Lipinski definition) is 4. The number of nitrogens with zero attached hydrogens (tertiary/aromatic N) is 4. The molecule has 4 rings (SSSR count). The molecule has 0 aliphatic carbocycles. The van der Waals surface area contributed by atoms with E-state index < -0.39 is 0 Å². The van der Waals surface area contributed by atoms with Gasteiger partial charge in [0.1, 0.15) is 11.3 Å². The van der Waals surface area contributed by atoms with Crippen molar-refractivity contribution in [2.75, 3.05) is 32.1 Å². The van der Waals surface area contributed by atoms with Gasteiger partial charge in [0.05, 0.1) is 6.61 Å². The summed E-state index contributed by atoms with van der Waals surface area (Å²) in [6, 6.07) is 11.4. The number of hydrogen-bond donors (Lipinski definition) is 1. The average molecular weight is 444 g/mol. The molecular weight excluding hydrogens is 422 g/mol. The predicted molar refractivity (Wildman–Crippen MR) is 111 cm³/mol. The van der Waals surface area contributed by atoms with Crippen molar-refractivity contribution in [2.24, 2.45) is 0 Å². The number of anilines is 1. The van der Waals surface area contributed by atoms with Crippen LogP contribution in [0, 0.1) is 0 Å². The summed E-state index contributed by atoms with van der Waals surface area (Å²) in [5.74, 6) is 1.16. The Labute approximate surface area is 171 Å². The van der Waals surface area contributed by atoms with E-state index in [2.05, 4.69) is 30.8 Å². The van der Waals surface area contributed by atoms with Crippen molar-refractivity contribution in [1.82, 2.24) is 19.4 Å². The molecule has 0 spiro atoms. The van der Waals surface area contributed by atoms with Crippen LogP contribution < -0.4 is 5.32 Å². The smallest absolute Gasteiger partial charge is 0.321 e. The highest BCUT2D eigenvalue weighted by molar-refractivity contribution is 9.10. The number of likely N-dealkylation sites (tertiary alicyclic amines) is 1. The lowest BCUT2D eigenvalue weighted by atomic mass is 10.1. The van der Waals surface area contributed by atoms with Gasteiger partial charge in [-0.15, -0.1) is 0 Å². The molecule has 2 aromatic heterocycles. The monoisotopic (exact) mass is 443 g/mol. The molecule has 0 bridgehead atoms. The van der Waals surface area contributed by atoms with E-state index in [-0.39, 0.29) is 11.9 Å². The quantitative estimate of drug-likeness (QED) is 0.649. The number of rotatable bonds is 5. The largest absolute Gasteiger partial charge is 0.383 e. The molecule has 0 radical (unpaired) electrons. The Morgan fingerprint density at radius 1 is 1.32 bits per heavy atom. The first kappa shape index (κ1) is 18.9. The maximum absolute atomic E-state index is 12.6. The first-order valence-electron chi connectivity index (χ1n) is 9.27. The number of carbonyl (C=O) groups excluding carboxylic acids is 1. The lowest BCUT2D eigenvalue weighted by Gasteiger charge is -2.18. The summed E-state index contributed by atoms with van der Waals surface area (Å²) < 4.78 is 8.37. The van der Waals surface area contributed by atoms with Crippen molar-refractivity contribution in [3.8, 4) is 0 Å². The third-order valence-electron chi connectivity index (χ3n) is 4.99. The number of methoxy groups -OCH3 is 1. The fraction of sp³-hybridized carbons (Fsp3) is 0.350. The van der Waals surface area contributed by atoms with Crippen LogP contribution >= 0.6 is 15.9 Å². The molecule has 0 unspecified atom stereocenters. The number of aromatic nitrogens is 3. The van der Waals surface area contributed by atoms with Crippen LogP contribution in [0.5, 0.6) is 0 Å². The summed E-state index contributed by atoms with van der Waals surface area (Å²) in [4.78, 5) is 23.8. The van der Waals surface area contributed by atoms with Crippen LogP contribution in [0.25, 0.3) is 11.2 Å². The second kappa shape index (κ2) is 8.28. The SMILES string of the molecule is COCCn1c([C@H]2CCN(C(=O)Nc3ccc(Br)cc3)C2)nc2cccnc21. The van der Waals surface area contributed by atoms with Gasteiger partial charge in [0.2, 0.25) is 0 Å². The second-order valence-electron chi connectivity index (χ2n) is 6.83. The molecule has 1 atom stereocenters. The number of carbonyl (C=O) groups is 1. The molecule has 0 saturated carbocycles. The van der Waals surface area contributed by atoms with Gasteiger partial charge in [0.15, 0.2) is 5.65 Å². The first-order valence-corrected chi connectivity index (χ1v) is 10.1. The van der Waals surface area contributed by atoms with Crippen LogP contribution in [0.2, 0.25) is 0 Å². The molecule has 3 heterocycles. The number of amides is 2. The van der Waals surface area contributed by atoms with Crippen LogP contribution in [0.3, 0.4) is 0 Å². The van der Waals surface area contributed by atoms with Gasteiger partial charge in [-0.05, 0) is 42.8 Å². The third-order valence-corrected chi connectivity index (χ3v) is 5.52. The zero-order valence-corrected chi connectivity index (χ0v) is 17.2. The maximum Gasteiger partial charge on any atom is 0.321 e. The fourth-order valence-corrected chi connectivity index (χ4v) is 3.85. The van der Waals surface area contributed by atoms with Crippen LogP contribution in [0.15, 0.2) is 47.1 Å². The van der Waals surface area contributed by atoms with E-state index in [9.17, 15) is 4.79 Å². The Balaban J connectivity index is 1.50. The minimum atomic E-state index is -0.0810. The van der Waals surface area contributed by atoms with E-state index in [4.69, 9.17) is 9.72 Å². The topological polar surface area (TPSA) is 72.3 Å². The van der Waals surface area contributed by atoms with Crippen LogP contribution in [0.4, 0.5) is 10.5 Å².